The van der Waals surface area contributed by atoms with Gasteiger partial charge in [0.1, 0.15) is 5.65 Å². The number of hydrogen-bond donors (Lipinski definition) is 0. The highest BCUT2D eigenvalue weighted by Crippen LogP contribution is 2.26. The first kappa shape index (κ1) is 18.2. The van der Waals surface area contributed by atoms with Crippen LogP contribution in [0.1, 0.15) is 19.4 Å². The van der Waals surface area contributed by atoms with E-state index in [0.717, 1.165) is 22.5 Å². The van der Waals surface area contributed by atoms with Crippen molar-refractivity contribution in [3.63, 3.8) is 0 Å². The van der Waals surface area contributed by atoms with E-state index >= 15 is 0 Å². The summed E-state index contributed by atoms with van der Waals surface area (Å²) in [6, 6.07) is 11.0. The Morgan fingerprint density at radius 1 is 1.11 bits per heavy atom. The summed E-state index contributed by atoms with van der Waals surface area (Å²) in [6.45, 7) is 6.53. The SMILES string of the molecule is Cc1cccn2cc(-c3cccc(S(=O)(=O)N4CC(C)OC(C)C4)c3)nc12. The van der Waals surface area contributed by atoms with E-state index in [4.69, 9.17) is 4.74 Å². The summed E-state index contributed by atoms with van der Waals surface area (Å²) >= 11 is 0. The first-order valence-corrected chi connectivity index (χ1v) is 10.5. The molecular weight excluding hydrogens is 362 g/mol. The molecule has 0 amide bonds. The lowest BCUT2D eigenvalue weighted by atomic mass is 10.2. The highest BCUT2D eigenvalue weighted by Gasteiger charge is 2.32. The van der Waals surface area contributed by atoms with Crippen molar-refractivity contribution in [3.05, 3.63) is 54.4 Å². The third-order valence-corrected chi connectivity index (χ3v) is 6.66. The van der Waals surface area contributed by atoms with Crippen LogP contribution in [0, 0.1) is 6.92 Å². The third kappa shape index (κ3) is 3.38. The Morgan fingerprint density at radius 3 is 2.56 bits per heavy atom. The Labute approximate surface area is 159 Å². The monoisotopic (exact) mass is 385 g/mol. The molecule has 1 aliphatic heterocycles. The number of aryl methyl sites for hydroxylation is 1. The highest BCUT2D eigenvalue weighted by molar-refractivity contribution is 7.89. The van der Waals surface area contributed by atoms with Crippen LogP contribution in [0.3, 0.4) is 0 Å². The molecule has 1 fully saturated rings. The van der Waals surface area contributed by atoms with Crippen LogP contribution in [-0.4, -0.2) is 47.4 Å². The number of sulfonamides is 1. The molecule has 3 aromatic rings. The zero-order chi connectivity index (χ0) is 19.2. The number of imidazole rings is 1. The minimum atomic E-state index is -3.58. The van der Waals surface area contributed by atoms with E-state index in [-0.39, 0.29) is 17.1 Å². The van der Waals surface area contributed by atoms with Gasteiger partial charge in [0.15, 0.2) is 0 Å². The zero-order valence-electron chi connectivity index (χ0n) is 15.7. The predicted molar refractivity (Wildman–Crippen MR) is 104 cm³/mol. The van der Waals surface area contributed by atoms with Crippen molar-refractivity contribution in [2.75, 3.05) is 13.1 Å². The minimum absolute atomic E-state index is 0.117. The van der Waals surface area contributed by atoms with Gasteiger partial charge < -0.3 is 9.14 Å². The average Bonchev–Trinajstić information content (AvgIpc) is 3.07. The van der Waals surface area contributed by atoms with Crippen molar-refractivity contribution >= 4 is 15.7 Å². The van der Waals surface area contributed by atoms with E-state index in [9.17, 15) is 8.42 Å². The molecule has 0 radical (unpaired) electrons. The molecule has 2 atom stereocenters. The molecule has 0 spiro atoms. The molecule has 0 bridgehead atoms. The molecule has 1 aromatic carbocycles. The van der Waals surface area contributed by atoms with E-state index in [1.54, 1.807) is 18.2 Å². The summed E-state index contributed by atoms with van der Waals surface area (Å²) in [4.78, 5) is 4.96. The Morgan fingerprint density at radius 2 is 1.85 bits per heavy atom. The Hall–Kier alpha value is -2.22. The Balaban J connectivity index is 1.72. The number of nitrogens with zero attached hydrogens (tertiary/aromatic N) is 3. The summed E-state index contributed by atoms with van der Waals surface area (Å²) in [5.41, 5.74) is 3.49. The van der Waals surface area contributed by atoms with Crippen molar-refractivity contribution < 1.29 is 13.2 Å². The predicted octanol–water partition coefficient (Wildman–Crippen LogP) is 3.11. The lowest BCUT2D eigenvalue weighted by Crippen LogP contribution is -2.48. The van der Waals surface area contributed by atoms with Gasteiger partial charge in [0.25, 0.3) is 0 Å². The summed E-state index contributed by atoms with van der Waals surface area (Å²) < 4.78 is 35.4. The van der Waals surface area contributed by atoms with Crippen LogP contribution >= 0.6 is 0 Å². The second-order valence-electron chi connectivity index (χ2n) is 7.16. The van der Waals surface area contributed by atoms with Gasteiger partial charge in [0, 0.05) is 31.0 Å². The van der Waals surface area contributed by atoms with Crippen molar-refractivity contribution in [2.45, 2.75) is 37.9 Å². The van der Waals surface area contributed by atoms with E-state index < -0.39 is 10.0 Å². The number of morpholine rings is 1. The van der Waals surface area contributed by atoms with Gasteiger partial charge >= 0.3 is 0 Å². The van der Waals surface area contributed by atoms with Crippen LogP contribution in [0.4, 0.5) is 0 Å². The molecule has 142 valence electrons. The van der Waals surface area contributed by atoms with Crippen molar-refractivity contribution in [2.24, 2.45) is 0 Å². The molecule has 3 heterocycles. The molecule has 0 aliphatic carbocycles. The fourth-order valence-corrected chi connectivity index (χ4v) is 5.22. The average molecular weight is 385 g/mol. The van der Waals surface area contributed by atoms with Crippen LogP contribution in [0.5, 0.6) is 0 Å². The van der Waals surface area contributed by atoms with E-state index in [2.05, 4.69) is 4.98 Å². The zero-order valence-corrected chi connectivity index (χ0v) is 16.5. The molecule has 6 nitrogen and oxygen atoms in total. The van der Waals surface area contributed by atoms with E-state index in [1.165, 1.54) is 4.31 Å². The molecule has 7 heteroatoms. The van der Waals surface area contributed by atoms with Crippen molar-refractivity contribution in [1.29, 1.82) is 0 Å². The van der Waals surface area contributed by atoms with Gasteiger partial charge in [-0.25, -0.2) is 13.4 Å². The number of aromatic nitrogens is 2. The first-order chi connectivity index (χ1) is 12.8. The quantitative estimate of drug-likeness (QED) is 0.695. The smallest absolute Gasteiger partial charge is 0.243 e. The van der Waals surface area contributed by atoms with Crippen LogP contribution in [-0.2, 0) is 14.8 Å². The van der Waals surface area contributed by atoms with Gasteiger partial charge in [-0.2, -0.15) is 4.31 Å². The summed E-state index contributed by atoms with van der Waals surface area (Å²) in [5, 5.41) is 0. The Bertz CT molecular complexity index is 1080. The second kappa shape index (κ2) is 6.74. The second-order valence-corrected chi connectivity index (χ2v) is 9.09. The number of benzene rings is 1. The van der Waals surface area contributed by atoms with Crippen molar-refractivity contribution in [3.8, 4) is 11.3 Å². The molecule has 1 aliphatic rings. The number of rotatable bonds is 3. The first-order valence-electron chi connectivity index (χ1n) is 9.05. The molecule has 0 N–H and O–H groups in total. The van der Waals surface area contributed by atoms with Gasteiger partial charge in [-0.05, 0) is 44.5 Å². The molecule has 1 saturated heterocycles. The lowest BCUT2D eigenvalue weighted by molar-refractivity contribution is -0.0440. The van der Waals surface area contributed by atoms with Gasteiger partial charge in [-0.1, -0.05) is 18.2 Å². The number of pyridine rings is 1. The molecule has 0 saturated carbocycles. The van der Waals surface area contributed by atoms with Gasteiger partial charge in [-0.15, -0.1) is 0 Å². The Kier molecular flexibility index (Phi) is 4.53. The largest absolute Gasteiger partial charge is 0.373 e. The maximum absolute atomic E-state index is 13.1. The third-order valence-electron chi connectivity index (χ3n) is 4.83. The van der Waals surface area contributed by atoms with Gasteiger partial charge in [-0.3, -0.25) is 0 Å². The van der Waals surface area contributed by atoms with Gasteiger partial charge in [0.05, 0.1) is 22.8 Å². The van der Waals surface area contributed by atoms with Crippen molar-refractivity contribution in [1.82, 2.24) is 13.7 Å². The summed E-state index contributed by atoms with van der Waals surface area (Å²) in [7, 11) is -3.58. The number of ether oxygens (including phenoxy) is 1. The molecule has 27 heavy (non-hydrogen) atoms. The molecule has 4 rings (SSSR count). The number of fused-ring (bicyclic) bond motifs is 1. The lowest BCUT2D eigenvalue weighted by Gasteiger charge is -2.34. The number of hydrogen-bond acceptors (Lipinski definition) is 4. The summed E-state index contributed by atoms with van der Waals surface area (Å²) in [5.74, 6) is 0. The summed E-state index contributed by atoms with van der Waals surface area (Å²) in [6.07, 6.45) is 3.63. The normalized spacial score (nSPS) is 21.6. The molecule has 2 aromatic heterocycles. The van der Waals surface area contributed by atoms with E-state index in [1.807, 2.05) is 55.8 Å². The fraction of sp³-hybridized carbons (Fsp3) is 0.350. The highest BCUT2D eigenvalue weighted by atomic mass is 32.2. The molecule has 2 unspecified atom stereocenters. The fourth-order valence-electron chi connectivity index (χ4n) is 3.58. The van der Waals surface area contributed by atoms with Crippen LogP contribution in [0.25, 0.3) is 16.9 Å². The van der Waals surface area contributed by atoms with E-state index in [0.29, 0.717) is 13.1 Å². The minimum Gasteiger partial charge on any atom is -0.373 e. The molecular formula is C20H23N3O3S. The maximum Gasteiger partial charge on any atom is 0.243 e. The van der Waals surface area contributed by atoms with Gasteiger partial charge in [0.2, 0.25) is 10.0 Å². The van der Waals surface area contributed by atoms with Crippen LogP contribution in [0.2, 0.25) is 0 Å². The standard InChI is InChI=1S/C20H23N3O3S/c1-14-6-5-9-22-13-19(21-20(14)22)17-7-4-8-18(10-17)27(24,25)23-11-15(2)26-16(3)12-23/h4-10,13,15-16H,11-12H2,1-3H3. The maximum atomic E-state index is 13.1. The van der Waals surface area contributed by atoms with Crippen LogP contribution in [0.15, 0.2) is 53.7 Å². The topological polar surface area (TPSA) is 63.9 Å². The van der Waals surface area contributed by atoms with Crippen LogP contribution < -0.4 is 0 Å².